The number of imidazole rings is 4. The Balaban J connectivity index is 0.772. The molecule has 84 heavy (non-hydrogen) atoms. The summed E-state index contributed by atoms with van der Waals surface area (Å²) in [4.78, 5) is 139. The number of nitrogens with two attached hydrogens (primary N) is 2. The van der Waals surface area contributed by atoms with Gasteiger partial charge in [0, 0.05) is 125 Å². The highest BCUT2D eigenvalue weighted by Gasteiger charge is 2.25. The molecule has 0 aliphatic heterocycles. The van der Waals surface area contributed by atoms with Gasteiger partial charge in [0.25, 0.3) is 47.3 Å². The SMILES string of the molecule is Cn1cc(NC(=O)c2cc(NC(=O)c3cc(NC(=O)c4nc(NC(=O)[C@H](N)CCNC(=O)c5nc(NC(=O)c6cc(NC(=O)c7nc(NC(=O)c8nccn8C)cn7C)cn6C)cn5C)cn4C)cn3C)cn2C)cc1C(=O)NCCCON. The topological polar surface area (TPSA) is 414 Å². The highest BCUT2D eigenvalue weighted by molar-refractivity contribution is 6.10. The van der Waals surface area contributed by atoms with Crippen LogP contribution >= 0.6 is 0 Å². The largest absolute Gasteiger partial charge is 0.351 e. The van der Waals surface area contributed by atoms with Gasteiger partial charge in [0.05, 0.1) is 35.4 Å². The first-order valence-electron chi connectivity index (χ1n) is 25.5. The van der Waals surface area contributed by atoms with Gasteiger partial charge in [-0.2, -0.15) is 0 Å². The maximum atomic E-state index is 13.4. The van der Waals surface area contributed by atoms with Gasteiger partial charge in [0.2, 0.25) is 23.4 Å². The van der Waals surface area contributed by atoms with Crippen molar-refractivity contribution in [1.82, 2.24) is 67.1 Å². The van der Waals surface area contributed by atoms with Crippen LogP contribution < -0.4 is 59.5 Å². The summed E-state index contributed by atoms with van der Waals surface area (Å²) in [5, 5.41) is 24.1. The molecule has 8 rings (SSSR count). The molecule has 8 aromatic rings. The molecule has 0 fully saturated rings. The molecule has 0 radical (unpaired) electrons. The molecule has 0 bridgehead atoms. The molecule has 0 spiro atoms. The maximum Gasteiger partial charge on any atom is 0.292 e. The Morgan fingerprint density at radius 2 is 0.810 bits per heavy atom. The van der Waals surface area contributed by atoms with Crippen LogP contribution in [0.4, 0.5) is 40.2 Å². The third-order valence-corrected chi connectivity index (χ3v) is 12.8. The molecule has 0 aromatic carbocycles. The predicted octanol–water partition coefficient (Wildman–Crippen LogP) is 0.585. The molecule has 33 heteroatoms. The minimum atomic E-state index is -1.13. The van der Waals surface area contributed by atoms with Gasteiger partial charge in [0.15, 0.2) is 23.3 Å². The number of nitrogens with one attached hydrogen (secondary N) is 9. The summed E-state index contributed by atoms with van der Waals surface area (Å²) in [7, 11) is 12.8. The van der Waals surface area contributed by atoms with E-state index < -0.39 is 53.3 Å². The average molecular weight is 1160 g/mol. The Kier molecular flexibility index (Phi) is 17.8. The summed E-state index contributed by atoms with van der Waals surface area (Å²) in [6.07, 6.45) is 14.1. The quantitative estimate of drug-likeness (QED) is 0.0308. The van der Waals surface area contributed by atoms with Gasteiger partial charge in [-0.15, -0.1) is 0 Å². The molecule has 1 atom stereocenters. The van der Waals surface area contributed by atoms with Crippen molar-refractivity contribution in [2.75, 3.05) is 56.9 Å². The molecule has 9 amide bonds. The summed E-state index contributed by atoms with van der Waals surface area (Å²) in [6, 6.07) is 4.76. The predicted molar refractivity (Wildman–Crippen MR) is 303 cm³/mol. The van der Waals surface area contributed by atoms with E-state index in [4.69, 9.17) is 11.6 Å². The number of carbonyl (C=O) groups excluding carboxylic acids is 9. The van der Waals surface area contributed by atoms with Crippen LogP contribution in [-0.4, -0.2) is 135 Å². The molecule has 8 aromatic heterocycles. The van der Waals surface area contributed by atoms with E-state index in [2.05, 4.69) is 72.6 Å². The zero-order chi connectivity index (χ0) is 60.7. The molecule has 0 saturated heterocycles. The Bertz CT molecular complexity index is 3860. The Morgan fingerprint density at radius 1 is 0.440 bits per heavy atom. The van der Waals surface area contributed by atoms with E-state index in [1.165, 1.54) is 100 Å². The van der Waals surface area contributed by atoms with Crippen LogP contribution in [0.15, 0.2) is 80.0 Å². The fourth-order valence-corrected chi connectivity index (χ4v) is 8.57. The third-order valence-electron chi connectivity index (χ3n) is 12.8. The van der Waals surface area contributed by atoms with Crippen LogP contribution in [0.2, 0.25) is 0 Å². The van der Waals surface area contributed by atoms with Gasteiger partial charge in [-0.25, -0.2) is 25.8 Å². The zero-order valence-corrected chi connectivity index (χ0v) is 46.7. The van der Waals surface area contributed by atoms with Crippen molar-refractivity contribution in [3.05, 3.63) is 126 Å². The molecular weight excluding hydrogens is 1090 g/mol. The molecule has 13 N–H and O–H groups in total. The number of amides is 9. The van der Waals surface area contributed by atoms with Gasteiger partial charge in [-0.05, 0) is 37.1 Å². The second-order valence-electron chi connectivity index (χ2n) is 19.3. The molecule has 0 saturated carbocycles. The first-order valence-corrected chi connectivity index (χ1v) is 25.5. The maximum absolute atomic E-state index is 13.4. The highest BCUT2D eigenvalue weighted by Crippen LogP contribution is 2.22. The molecule has 0 aliphatic rings. The summed E-state index contributed by atoms with van der Waals surface area (Å²) >= 11 is 0. The molecule has 0 unspecified atom stereocenters. The van der Waals surface area contributed by atoms with Crippen molar-refractivity contribution in [2.45, 2.75) is 18.9 Å². The van der Waals surface area contributed by atoms with E-state index in [1.807, 2.05) is 0 Å². The monoisotopic (exact) mass is 1160 g/mol. The summed E-state index contributed by atoms with van der Waals surface area (Å²) in [6.45, 7) is 0.578. The van der Waals surface area contributed by atoms with E-state index in [1.54, 1.807) is 72.5 Å². The fourth-order valence-electron chi connectivity index (χ4n) is 8.57. The first-order chi connectivity index (χ1) is 40.0. The lowest BCUT2D eigenvalue weighted by atomic mass is 10.2. The number of hydrogen-bond acceptors (Lipinski definition) is 16. The van der Waals surface area contributed by atoms with Gasteiger partial charge >= 0.3 is 0 Å². The lowest BCUT2D eigenvalue weighted by Gasteiger charge is -2.11. The third kappa shape index (κ3) is 13.8. The molecule has 0 aliphatic carbocycles. The van der Waals surface area contributed by atoms with Crippen LogP contribution in [0.5, 0.6) is 0 Å². The summed E-state index contributed by atoms with van der Waals surface area (Å²) < 4.78 is 11.8. The second-order valence-corrected chi connectivity index (χ2v) is 19.3. The Morgan fingerprint density at radius 3 is 1.24 bits per heavy atom. The number of aryl methyl sites for hydroxylation is 8. The van der Waals surface area contributed by atoms with Crippen molar-refractivity contribution in [2.24, 2.45) is 68.0 Å². The van der Waals surface area contributed by atoms with E-state index >= 15 is 0 Å². The van der Waals surface area contributed by atoms with E-state index in [0.29, 0.717) is 30.0 Å². The lowest BCUT2D eigenvalue weighted by molar-refractivity contribution is -0.117. The minimum absolute atomic E-state index is 0.0147. The Labute approximate surface area is 477 Å². The van der Waals surface area contributed by atoms with Crippen molar-refractivity contribution in [1.29, 1.82) is 0 Å². The number of anilines is 7. The van der Waals surface area contributed by atoms with Gasteiger partial charge < -0.3 is 95.0 Å². The zero-order valence-electron chi connectivity index (χ0n) is 46.7. The van der Waals surface area contributed by atoms with E-state index in [-0.39, 0.29) is 94.7 Å². The number of hydrogen-bond donors (Lipinski definition) is 11. The number of nitrogens with zero attached hydrogens (tertiary/aromatic N) is 12. The number of rotatable bonds is 23. The van der Waals surface area contributed by atoms with Gasteiger partial charge in [0.1, 0.15) is 22.8 Å². The molecule has 440 valence electrons. The van der Waals surface area contributed by atoms with Crippen molar-refractivity contribution < 1.29 is 48.0 Å². The van der Waals surface area contributed by atoms with Gasteiger partial charge in [-0.1, -0.05) is 0 Å². The number of aromatic nitrogens is 12. The Hall–Kier alpha value is -10.9. The van der Waals surface area contributed by atoms with Crippen molar-refractivity contribution in [3.63, 3.8) is 0 Å². The van der Waals surface area contributed by atoms with Crippen LogP contribution in [0.1, 0.15) is 97.3 Å². The van der Waals surface area contributed by atoms with Crippen molar-refractivity contribution in [3.8, 4) is 0 Å². The second kappa shape index (κ2) is 25.2. The fraction of sp³-hybridized carbons (Fsp3) is 0.275. The molecule has 33 nitrogen and oxygen atoms in total. The van der Waals surface area contributed by atoms with Crippen molar-refractivity contribution >= 4 is 93.4 Å². The number of carbonyl (C=O) groups is 9. The average Bonchev–Trinajstić information content (AvgIpc) is 4.51. The van der Waals surface area contributed by atoms with E-state index in [0.717, 1.165) is 0 Å². The van der Waals surface area contributed by atoms with Crippen LogP contribution in [-0.2, 0) is 66.0 Å². The van der Waals surface area contributed by atoms with Crippen LogP contribution in [0.25, 0.3) is 0 Å². The smallest absolute Gasteiger partial charge is 0.292 e. The lowest BCUT2D eigenvalue weighted by Crippen LogP contribution is -2.39. The first kappa shape index (κ1) is 59.2. The normalized spacial score (nSPS) is 11.4. The minimum Gasteiger partial charge on any atom is -0.351 e. The molecule has 8 heterocycles. The van der Waals surface area contributed by atoms with Gasteiger partial charge in [-0.3, -0.25) is 43.2 Å². The van der Waals surface area contributed by atoms with E-state index in [9.17, 15) is 43.2 Å². The van der Waals surface area contributed by atoms with Crippen LogP contribution in [0, 0.1) is 0 Å². The standard InChI is InChI=1S/C51H61N23O10/c1-67-14-13-54-39(67)49(81)66-38-26-74(8)42(63-38)51(83)60-30-19-35(71(5)23-30)47(79)65-37-25-72(6)40(61-37)48(80)56-12-10-31(52)43(75)64-36-24-73(7)41(62-36)50(82)59-29-18-34(70(4)22-29)46(78)58-28-17-33(69(3)21-28)45(77)57-27-16-32(68(2)20-27)44(76)55-11-9-15-84-53/h13-14,16-26,31H,9-12,15,52-53H2,1-8H3,(H,55,76)(H,56,80)(H,57,77)(H,58,78)(H,59,82)(H,60,83)(H,64,75)(H,65,79)(H,66,81)/t31-/m1/s1. The summed E-state index contributed by atoms with van der Waals surface area (Å²) in [5.74, 6) is 0.123. The molecular formula is C51H61N23O10. The highest BCUT2D eigenvalue weighted by atomic mass is 16.6. The van der Waals surface area contributed by atoms with Crippen LogP contribution in [0.3, 0.4) is 0 Å². The summed E-state index contributed by atoms with van der Waals surface area (Å²) in [5.41, 5.74) is 8.19.